The molecular weight excluding hydrogens is 506 g/mol. The lowest BCUT2D eigenvalue weighted by atomic mass is 9.61. The molecule has 2 saturated heterocycles. The highest BCUT2D eigenvalue weighted by Crippen LogP contribution is 2.54. The van der Waals surface area contributed by atoms with Gasteiger partial charge in [0.2, 0.25) is 5.91 Å². The smallest absolute Gasteiger partial charge is 0.302 e. The van der Waals surface area contributed by atoms with Crippen LogP contribution in [0, 0.1) is 0 Å². The number of carbonyl (C=O) groups is 3. The number of carboxylic acid groups (broad SMARTS) is 1. The molecule has 13 heteroatoms. The highest BCUT2D eigenvalue weighted by Gasteiger charge is 2.74. The summed E-state index contributed by atoms with van der Waals surface area (Å²) < 4.78 is 29.1. The van der Waals surface area contributed by atoms with Gasteiger partial charge in [0.1, 0.15) is 51.9 Å². The first-order chi connectivity index (χ1) is 16.9. The molecule has 10 unspecified atom stereocenters. The molecule has 13 nitrogen and oxygen atoms in total. The van der Waals surface area contributed by atoms with Gasteiger partial charge in [-0.1, -0.05) is 0 Å². The van der Waals surface area contributed by atoms with Crippen molar-refractivity contribution in [2.75, 3.05) is 13.7 Å². The topological polar surface area (TPSA) is 193 Å². The van der Waals surface area contributed by atoms with Crippen LogP contribution < -0.4 is 10.4 Å². The lowest BCUT2D eigenvalue weighted by Gasteiger charge is -2.66. The largest absolute Gasteiger partial charge is 0.547 e. The quantitative estimate of drug-likeness (QED) is 0.270. The number of aliphatic hydroxyl groups excluding tert-OH is 1. The van der Waals surface area contributed by atoms with Gasteiger partial charge in [-0.3, -0.25) is 9.59 Å². The number of rotatable bonds is 7. The van der Waals surface area contributed by atoms with E-state index in [2.05, 4.69) is 5.32 Å². The summed E-state index contributed by atoms with van der Waals surface area (Å²) in [6.45, 7) is 12.4. The van der Waals surface area contributed by atoms with Crippen molar-refractivity contribution < 1.29 is 58.5 Å². The number of hydrogen-bond donors (Lipinski definition) is 4. The first kappa shape index (κ1) is 32.3. The van der Waals surface area contributed by atoms with Crippen LogP contribution in [-0.2, 0) is 38.1 Å². The zero-order valence-corrected chi connectivity index (χ0v) is 24.0. The normalized spacial score (nSPS) is 49.3. The van der Waals surface area contributed by atoms with Crippen LogP contribution in [0.4, 0.5) is 0 Å². The van der Waals surface area contributed by atoms with E-state index in [9.17, 15) is 34.8 Å². The van der Waals surface area contributed by atoms with E-state index in [1.54, 1.807) is 0 Å². The van der Waals surface area contributed by atoms with Gasteiger partial charge in [-0.2, -0.15) is 0 Å². The molecule has 0 spiro atoms. The third-order valence-electron chi connectivity index (χ3n) is 9.16. The molecule has 2 aliphatic heterocycles. The average Bonchev–Trinajstić information content (AvgIpc) is 2.78. The van der Waals surface area contributed by atoms with Gasteiger partial charge in [-0.15, -0.1) is 0 Å². The van der Waals surface area contributed by atoms with Crippen molar-refractivity contribution >= 4 is 17.8 Å². The Morgan fingerprint density at radius 1 is 1.00 bits per heavy atom. The van der Waals surface area contributed by atoms with E-state index in [-0.39, 0.29) is 0 Å². The van der Waals surface area contributed by atoms with Gasteiger partial charge in [0.05, 0.1) is 12.1 Å². The second-order valence-electron chi connectivity index (χ2n) is 11.6. The van der Waals surface area contributed by atoms with Gasteiger partial charge in [0.15, 0.2) is 6.29 Å². The Morgan fingerprint density at radius 3 is 1.95 bits per heavy atom. The van der Waals surface area contributed by atoms with Gasteiger partial charge in [-0.25, -0.2) is 0 Å². The maximum absolute atomic E-state index is 12.5. The van der Waals surface area contributed by atoms with E-state index in [1.165, 1.54) is 62.5 Å². The van der Waals surface area contributed by atoms with Crippen LogP contribution in [0.25, 0.3) is 0 Å². The molecule has 38 heavy (non-hydrogen) atoms. The molecular formula is C25H42NO12-. The molecule has 1 amide bonds. The fourth-order valence-corrected chi connectivity index (χ4v) is 5.51. The number of hydrogen-bond acceptors (Lipinski definition) is 12. The molecule has 2 rings (SSSR count). The Morgan fingerprint density at radius 2 is 1.53 bits per heavy atom. The van der Waals surface area contributed by atoms with E-state index < -0.39 is 82.1 Å². The number of nitrogens with one attached hydrogen (secondary N) is 1. The summed E-state index contributed by atoms with van der Waals surface area (Å²) in [6.07, 6.45) is -4.42. The minimum absolute atomic E-state index is 0.478. The predicted octanol–water partition coefficient (Wildman–Crippen LogP) is -1.47. The van der Waals surface area contributed by atoms with Crippen LogP contribution in [0.1, 0.15) is 69.2 Å². The number of ether oxygens (including phenoxy) is 5. The Hall–Kier alpha value is -1.87. The lowest BCUT2D eigenvalue weighted by molar-refractivity contribution is -0.441. The number of aliphatic carboxylic acids is 1. The molecule has 0 aromatic heterocycles. The van der Waals surface area contributed by atoms with Crippen LogP contribution in [0.5, 0.6) is 0 Å². The van der Waals surface area contributed by atoms with Crippen molar-refractivity contribution in [1.82, 2.24) is 5.32 Å². The summed E-state index contributed by atoms with van der Waals surface area (Å²) in [5.74, 6) is -3.00. The molecule has 0 bridgehead atoms. The van der Waals surface area contributed by atoms with Crippen molar-refractivity contribution in [3.8, 4) is 0 Å². The number of aliphatic hydroxyl groups is 3. The summed E-state index contributed by atoms with van der Waals surface area (Å²) in [6, 6.07) is 0. The first-order valence-electron chi connectivity index (χ1n) is 12.3. The summed E-state index contributed by atoms with van der Waals surface area (Å²) in [5.41, 5.74) is -14.3. The van der Waals surface area contributed by atoms with Crippen LogP contribution in [0.2, 0.25) is 0 Å². The van der Waals surface area contributed by atoms with Gasteiger partial charge < -0.3 is 54.2 Å². The number of amides is 1. The molecule has 2 aliphatic rings. The Labute approximate surface area is 222 Å². The molecule has 0 aromatic carbocycles. The number of carbonyl (C=O) groups excluding carboxylic acids is 3. The predicted molar refractivity (Wildman–Crippen MR) is 128 cm³/mol. The van der Waals surface area contributed by atoms with Crippen LogP contribution in [0.3, 0.4) is 0 Å². The SMILES string of the molecule is COC1(C)C(O)C(C)(COC(C)=O)OC(OC2(C)C(C)(C(=O)[O-])OC(C)C(C)(O)C2(C)O)C1(C)NC(C)=O. The van der Waals surface area contributed by atoms with Crippen molar-refractivity contribution in [1.29, 1.82) is 0 Å². The summed E-state index contributed by atoms with van der Waals surface area (Å²) in [4.78, 5) is 36.5. The van der Waals surface area contributed by atoms with Crippen molar-refractivity contribution in [3.05, 3.63) is 0 Å². The van der Waals surface area contributed by atoms with E-state index in [0.717, 1.165) is 13.8 Å². The maximum Gasteiger partial charge on any atom is 0.302 e. The maximum atomic E-state index is 12.5. The highest BCUT2D eigenvalue weighted by atomic mass is 16.7. The second kappa shape index (κ2) is 9.65. The number of carboxylic acids is 1. The average molecular weight is 549 g/mol. The standard InChI is InChI=1S/C25H43NO12/c1-13-21(6,32)24(9,33)25(10,23(8,36-13)17(30)31)38-18-20(5,26-14(2)27)22(7,34-11)16(29)19(4,37-18)12-35-15(3)28/h13,16,18,29,32-33H,12H2,1-11H3,(H,26,27)(H,30,31)/p-1. The monoisotopic (exact) mass is 548 g/mol. The van der Waals surface area contributed by atoms with E-state index >= 15 is 0 Å². The van der Waals surface area contributed by atoms with E-state index in [4.69, 9.17) is 23.7 Å². The number of esters is 1. The van der Waals surface area contributed by atoms with E-state index in [1.807, 2.05) is 0 Å². The fourth-order valence-electron chi connectivity index (χ4n) is 5.51. The Kier molecular flexibility index (Phi) is 8.21. The van der Waals surface area contributed by atoms with Crippen LogP contribution in [0.15, 0.2) is 0 Å². The Balaban J connectivity index is 2.84. The minimum Gasteiger partial charge on any atom is -0.547 e. The Bertz CT molecular complexity index is 970. The zero-order valence-electron chi connectivity index (χ0n) is 24.0. The molecule has 220 valence electrons. The highest BCUT2D eigenvalue weighted by molar-refractivity contribution is 5.78. The van der Waals surface area contributed by atoms with Gasteiger partial charge in [0, 0.05) is 21.0 Å². The van der Waals surface area contributed by atoms with Crippen molar-refractivity contribution in [3.63, 3.8) is 0 Å². The zero-order chi connectivity index (χ0) is 29.9. The number of methoxy groups -OCH3 is 1. The van der Waals surface area contributed by atoms with Gasteiger partial charge >= 0.3 is 5.97 Å². The van der Waals surface area contributed by atoms with Crippen molar-refractivity contribution in [2.45, 2.75) is 127 Å². The summed E-state index contributed by atoms with van der Waals surface area (Å²) >= 11 is 0. The molecule has 10 atom stereocenters. The third-order valence-corrected chi connectivity index (χ3v) is 9.16. The van der Waals surface area contributed by atoms with Crippen LogP contribution in [-0.4, -0.2) is 105 Å². The molecule has 4 N–H and O–H groups in total. The van der Waals surface area contributed by atoms with Crippen LogP contribution >= 0.6 is 0 Å². The fraction of sp³-hybridized carbons (Fsp3) is 0.880. The van der Waals surface area contributed by atoms with Gasteiger partial charge in [0.25, 0.3) is 0 Å². The second-order valence-corrected chi connectivity index (χ2v) is 11.6. The molecule has 0 saturated carbocycles. The van der Waals surface area contributed by atoms with Gasteiger partial charge in [-0.05, 0) is 55.4 Å². The summed E-state index contributed by atoms with van der Waals surface area (Å²) in [5, 5.41) is 49.7. The lowest BCUT2D eigenvalue weighted by Crippen LogP contribution is -2.87. The molecule has 0 aliphatic carbocycles. The minimum atomic E-state index is -2.37. The third kappa shape index (κ3) is 4.32. The summed E-state index contributed by atoms with van der Waals surface area (Å²) in [7, 11) is 1.28. The molecule has 2 heterocycles. The molecule has 2 fully saturated rings. The first-order valence-corrected chi connectivity index (χ1v) is 12.3. The van der Waals surface area contributed by atoms with Crippen molar-refractivity contribution in [2.24, 2.45) is 0 Å². The van der Waals surface area contributed by atoms with E-state index in [0.29, 0.717) is 0 Å². The molecule has 0 radical (unpaired) electrons. The molecule has 0 aromatic rings.